The average molecular weight is 332 g/mol. The lowest BCUT2D eigenvalue weighted by molar-refractivity contribution is 0.332. The van der Waals surface area contributed by atoms with Crippen molar-refractivity contribution in [3.05, 3.63) is 0 Å². The summed E-state index contributed by atoms with van der Waals surface area (Å²) < 4.78 is 22.4. The first-order valence-electron chi connectivity index (χ1n) is 8.55. The molecule has 1 unspecified atom stereocenters. The normalized spacial score (nSPS) is 19.0. The van der Waals surface area contributed by atoms with Gasteiger partial charge in [-0.05, 0) is 32.1 Å². The van der Waals surface area contributed by atoms with E-state index in [-0.39, 0.29) is 11.8 Å². The maximum absolute atomic E-state index is 11.2. The molecule has 1 saturated carbocycles. The third kappa shape index (κ3) is 9.28. The zero-order valence-electron chi connectivity index (χ0n) is 14.4. The lowest BCUT2D eigenvalue weighted by Crippen LogP contribution is -2.43. The summed E-state index contributed by atoms with van der Waals surface area (Å²) in [5, 5.41) is 6.58. The van der Waals surface area contributed by atoms with Gasteiger partial charge in [-0.1, -0.05) is 32.1 Å². The fourth-order valence-electron chi connectivity index (χ4n) is 2.96. The van der Waals surface area contributed by atoms with Crippen molar-refractivity contribution in [2.24, 2.45) is 10.9 Å². The highest BCUT2D eigenvalue weighted by atomic mass is 32.2. The van der Waals surface area contributed by atoms with Crippen molar-refractivity contribution in [2.75, 3.05) is 25.6 Å². The molecule has 5 nitrogen and oxygen atoms in total. The van der Waals surface area contributed by atoms with Gasteiger partial charge in [-0.25, -0.2) is 8.42 Å². The van der Waals surface area contributed by atoms with E-state index < -0.39 is 9.84 Å². The SMILES string of the molecule is CN=C(NCCCC1CCCCC1)NC(C)CCS(C)(=O)=O. The average Bonchev–Trinajstić information content (AvgIpc) is 2.48. The van der Waals surface area contributed by atoms with E-state index in [1.807, 2.05) is 6.92 Å². The molecule has 0 radical (unpaired) electrons. The highest BCUT2D eigenvalue weighted by Gasteiger charge is 2.13. The van der Waals surface area contributed by atoms with E-state index >= 15 is 0 Å². The number of hydrogen-bond donors (Lipinski definition) is 2. The Labute approximate surface area is 136 Å². The number of rotatable bonds is 8. The standard InChI is InChI=1S/C16H33N3O2S/c1-14(11-13-22(3,20)21)19-16(17-2)18-12-7-10-15-8-5-4-6-9-15/h14-15H,4-13H2,1-3H3,(H2,17,18,19). The molecule has 0 aromatic heterocycles. The van der Waals surface area contributed by atoms with Gasteiger partial charge in [0.2, 0.25) is 0 Å². The number of guanidine groups is 1. The molecule has 0 aromatic rings. The van der Waals surface area contributed by atoms with Crippen LogP contribution in [0.2, 0.25) is 0 Å². The molecule has 2 N–H and O–H groups in total. The monoisotopic (exact) mass is 331 g/mol. The molecular formula is C16H33N3O2S. The molecule has 6 heteroatoms. The minimum Gasteiger partial charge on any atom is -0.356 e. The molecule has 1 aliphatic rings. The Bertz CT molecular complexity index is 429. The Hall–Kier alpha value is -0.780. The molecule has 0 spiro atoms. The molecule has 130 valence electrons. The van der Waals surface area contributed by atoms with Crippen LogP contribution in [0.4, 0.5) is 0 Å². The molecule has 1 atom stereocenters. The van der Waals surface area contributed by atoms with Gasteiger partial charge in [0.15, 0.2) is 5.96 Å². The van der Waals surface area contributed by atoms with E-state index in [0.717, 1.165) is 18.4 Å². The number of hydrogen-bond acceptors (Lipinski definition) is 3. The molecule has 0 aliphatic heterocycles. The minimum atomic E-state index is -2.90. The number of aliphatic imine (C=N–C) groups is 1. The summed E-state index contributed by atoms with van der Waals surface area (Å²) in [5.41, 5.74) is 0. The van der Waals surface area contributed by atoms with Gasteiger partial charge in [-0.3, -0.25) is 4.99 Å². The molecule has 0 heterocycles. The summed E-state index contributed by atoms with van der Waals surface area (Å²) in [6, 6.07) is 0.0965. The van der Waals surface area contributed by atoms with Crippen molar-refractivity contribution in [1.29, 1.82) is 0 Å². The first-order valence-corrected chi connectivity index (χ1v) is 10.6. The molecule has 1 rings (SSSR count). The van der Waals surface area contributed by atoms with Gasteiger partial charge in [0.1, 0.15) is 9.84 Å². The van der Waals surface area contributed by atoms with Crippen molar-refractivity contribution < 1.29 is 8.42 Å². The Balaban J connectivity index is 2.16. The Morgan fingerprint density at radius 3 is 2.55 bits per heavy atom. The number of nitrogens with zero attached hydrogens (tertiary/aromatic N) is 1. The molecule has 1 fully saturated rings. The van der Waals surface area contributed by atoms with Gasteiger partial charge >= 0.3 is 0 Å². The molecule has 0 saturated heterocycles. The Morgan fingerprint density at radius 2 is 1.95 bits per heavy atom. The molecule has 0 bridgehead atoms. The van der Waals surface area contributed by atoms with Crippen LogP contribution in [0.3, 0.4) is 0 Å². The van der Waals surface area contributed by atoms with Crippen LogP contribution in [-0.4, -0.2) is 46.0 Å². The van der Waals surface area contributed by atoms with Crippen LogP contribution in [0.1, 0.15) is 58.3 Å². The van der Waals surface area contributed by atoms with Crippen molar-refractivity contribution in [2.45, 2.75) is 64.3 Å². The van der Waals surface area contributed by atoms with Gasteiger partial charge in [-0.15, -0.1) is 0 Å². The highest BCUT2D eigenvalue weighted by Crippen LogP contribution is 2.26. The maximum Gasteiger partial charge on any atom is 0.191 e. The second-order valence-corrected chi connectivity index (χ2v) is 8.87. The zero-order chi connectivity index (χ0) is 16.4. The van der Waals surface area contributed by atoms with E-state index in [9.17, 15) is 8.42 Å². The summed E-state index contributed by atoms with van der Waals surface area (Å²) >= 11 is 0. The van der Waals surface area contributed by atoms with Crippen LogP contribution >= 0.6 is 0 Å². The van der Waals surface area contributed by atoms with Crippen LogP contribution in [0.25, 0.3) is 0 Å². The predicted octanol–water partition coefficient (Wildman–Crippen LogP) is 2.34. The lowest BCUT2D eigenvalue weighted by Gasteiger charge is -2.22. The van der Waals surface area contributed by atoms with Crippen molar-refractivity contribution in [3.63, 3.8) is 0 Å². The van der Waals surface area contributed by atoms with Crippen LogP contribution in [0, 0.1) is 5.92 Å². The van der Waals surface area contributed by atoms with Crippen molar-refractivity contribution in [1.82, 2.24) is 10.6 Å². The topological polar surface area (TPSA) is 70.6 Å². The summed E-state index contributed by atoms with van der Waals surface area (Å²) in [4.78, 5) is 4.20. The largest absolute Gasteiger partial charge is 0.356 e. The van der Waals surface area contributed by atoms with Crippen LogP contribution in [0.15, 0.2) is 4.99 Å². The lowest BCUT2D eigenvalue weighted by atomic mass is 9.86. The third-order valence-electron chi connectivity index (χ3n) is 4.33. The molecule has 0 amide bonds. The maximum atomic E-state index is 11.2. The highest BCUT2D eigenvalue weighted by molar-refractivity contribution is 7.90. The van der Waals surface area contributed by atoms with E-state index in [1.165, 1.54) is 51.2 Å². The van der Waals surface area contributed by atoms with Gasteiger partial charge in [0, 0.05) is 25.9 Å². The van der Waals surface area contributed by atoms with Crippen LogP contribution in [-0.2, 0) is 9.84 Å². The minimum absolute atomic E-state index is 0.0965. The summed E-state index contributed by atoms with van der Waals surface area (Å²) in [6.07, 6.45) is 11.4. The molecule has 1 aliphatic carbocycles. The fourth-order valence-corrected chi connectivity index (χ4v) is 3.75. The first kappa shape index (κ1) is 19.3. The summed E-state index contributed by atoms with van der Waals surface area (Å²) in [7, 11) is -1.15. The fraction of sp³-hybridized carbons (Fsp3) is 0.938. The van der Waals surface area contributed by atoms with E-state index in [4.69, 9.17) is 0 Å². The van der Waals surface area contributed by atoms with Gasteiger partial charge < -0.3 is 10.6 Å². The van der Waals surface area contributed by atoms with Crippen LogP contribution in [0.5, 0.6) is 0 Å². The molecule has 22 heavy (non-hydrogen) atoms. The Kier molecular flexibility index (Phi) is 8.83. The quantitative estimate of drug-likeness (QED) is 0.407. The zero-order valence-corrected chi connectivity index (χ0v) is 15.2. The third-order valence-corrected chi connectivity index (χ3v) is 5.31. The van der Waals surface area contributed by atoms with E-state index in [0.29, 0.717) is 6.42 Å². The second-order valence-electron chi connectivity index (χ2n) is 6.61. The van der Waals surface area contributed by atoms with Crippen LogP contribution < -0.4 is 10.6 Å². The molecule has 0 aromatic carbocycles. The van der Waals surface area contributed by atoms with E-state index in [2.05, 4.69) is 15.6 Å². The number of sulfone groups is 1. The smallest absolute Gasteiger partial charge is 0.191 e. The molecular weight excluding hydrogens is 298 g/mol. The first-order chi connectivity index (χ1) is 10.4. The van der Waals surface area contributed by atoms with Gasteiger partial charge in [0.05, 0.1) is 5.75 Å². The number of nitrogens with one attached hydrogen (secondary N) is 2. The van der Waals surface area contributed by atoms with Gasteiger partial charge in [0.25, 0.3) is 0 Å². The summed E-state index contributed by atoms with van der Waals surface area (Å²) in [6.45, 7) is 2.91. The van der Waals surface area contributed by atoms with Crippen molar-refractivity contribution >= 4 is 15.8 Å². The predicted molar refractivity (Wildman–Crippen MR) is 94.1 cm³/mol. The Morgan fingerprint density at radius 1 is 1.27 bits per heavy atom. The van der Waals surface area contributed by atoms with E-state index in [1.54, 1.807) is 7.05 Å². The summed E-state index contributed by atoms with van der Waals surface area (Å²) in [5.74, 6) is 1.89. The second kappa shape index (κ2) is 10.1. The van der Waals surface area contributed by atoms with Gasteiger partial charge in [-0.2, -0.15) is 0 Å². The van der Waals surface area contributed by atoms with Crippen molar-refractivity contribution in [3.8, 4) is 0 Å².